The number of unbranched alkanes of at least 4 members (excludes halogenated alkanes) is 1. The molecule has 0 saturated heterocycles. The van der Waals surface area contributed by atoms with Gasteiger partial charge >= 0.3 is 5.97 Å². The molecule has 0 atom stereocenters. The molecule has 3 aromatic rings. The van der Waals surface area contributed by atoms with Gasteiger partial charge in [-0.25, -0.2) is 4.79 Å². The van der Waals surface area contributed by atoms with Gasteiger partial charge < -0.3 is 14.4 Å². The van der Waals surface area contributed by atoms with Gasteiger partial charge in [0.2, 0.25) is 0 Å². The molecule has 0 saturated carbocycles. The van der Waals surface area contributed by atoms with Gasteiger partial charge in [0.05, 0.1) is 31.0 Å². The van der Waals surface area contributed by atoms with Crippen molar-refractivity contribution in [3.63, 3.8) is 0 Å². The van der Waals surface area contributed by atoms with Crippen LogP contribution in [0.3, 0.4) is 0 Å². The maximum atomic E-state index is 13.1. The van der Waals surface area contributed by atoms with Crippen LogP contribution in [0.1, 0.15) is 36.5 Å². The van der Waals surface area contributed by atoms with E-state index in [-0.39, 0.29) is 12.5 Å². The number of hydrogen-bond donors (Lipinski definition) is 0. The topological polar surface area (TPSA) is 55.8 Å². The Bertz CT molecular complexity index is 1150. The predicted octanol–water partition coefficient (Wildman–Crippen LogP) is 5.58. The third kappa shape index (κ3) is 5.73. The zero-order chi connectivity index (χ0) is 23.8. The Morgan fingerprint density at radius 2 is 1.62 bits per heavy atom. The largest absolute Gasteiger partial charge is 0.494 e. The van der Waals surface area contributed by atoms with Crippen molar-refractivity contribution in [2.24, 2.45) is 0 Å². The smallest absolute Gasteiger partial charge is 0.331 e. The molecule has 5 heteroatoms. The second kappa shape index (κ2) is 11.3. The van der Waals surface area contributed by atoms with Crippen LogP contribution in [0.15, 0.2) is 84.9 Å². The molecule has 0 spiro atoms. The molecule has 1 amide bonds. The Balaban J connectivity index is 1.34. The molecule has 174 valence electrons. The highest BCUT2D eigenvalue weighted by molar-refractivity contribution is 6.34. The van der Waals surface area contributed by atoms with E-state index in [4.69, 9.17) is 9.47 Å². The van der Waals surface area contributed by atoms with E-state index in [1.807, 2.05) is 54.6 Å². The molecule has 1 heterocycles. The lowest BCUT2D eigenvalue weighted by atomic mass is 10.1. The number of anilines is 1. The van der Waals surface area contributed by atoms with E-state index in [0.717, 1.165) is 41.8 Å². The number of ether oxygens (including phenoxy) is 2. The van der Waals surface area contributed by atoms with Crippen LogP contribution < -0.4 is 9.64 Å². The number of amides is 1. The molecule has 0 aliphatic carbocycles. The van der Waals surface area contributed by atoms with E-state index < -0.39 is 5.97 Å². The van der Waals surface area contributed by atoms with Gasteiger partial charge in [-0.1, -0.05) is 60.7 Å². The molecule has 0 aromatic heterocycles. The van der Waals surface area contributed by atoms with Gasteiger partial charge in [-0.2, -0.15) is 0 Å². The summed E-state index contributed by atoms with van der Waals surface area (Å²) < 4.78 is 10.9. The zero-order valence-electron chi connectivity index (χ0n) is 19.4. The molecule has 0 bridgehead atoms. The molecule has 5 nitrogen and oxygen atoms in total. The van der Waals surface area contributed by atoms with Crippen molar-refractivity contribution in [3.05, 3.63) is 102 Å². The van der Waals surface area contributed by atoms with Crippen LogP contribution in [-0.2, 0) is 27.3 Å². The van der Waals surface area contributed by atoms with Crippen LogP contribution in [-0.4, -0.2) is 25.1 Å². The van der Waals surface area contributed by atoms with E-state index >= 15 is 0 Å². The minimum absolute atomic E-state index is 0.201. The molecule has 0 unspecified atom stereocenters. The maximum Gasteiger partial charge on any atom is 0.331 e. The van der Waals surface area contributed by atoms with Crippen LogP contribution in [0.2, 0.25) is 0 Å². The van der Waals surface area contributed by atoms with Gasteiger partial charge in [-0.15, -0.1) is 0 Å². The van der Waals surface area contributed by atoms with Gasteiger partial charge in [0.15, 0.2) is 0 Å². The third-order valence-electron chi connectivity index (χ3n) is 5.74. The van der Waals surface area contributed by atoms with Crippen molar-refractivity contribution >= 4 is 23.1 Å². The Morgan fingerprint density at radius 1 is 0.882 bits per heavy atom. The molecule has 3 aromatic carbocycles. The number of para-hydroxylation sites is 1. The van der Waals surface area contributed by atoms with Crippen LogP contribution in [0, 0.1) is 0 Å². The monoisotopic (exact) mass is 455 g/mol. The second-order valence-corrected chi connectivity index (χ2v) is 8.15. The van der Waals surface area contributed by atoms with Crippen molar-refractivity contribution in [2.75, 3.05) is 18.1 Å². The Morgan fingerprint density at radius 3 is 2.38 bits per heavy atom. The number of carbonyl (C=O) groups is 2. The predicted molar refractivity (Wildman–Crippen MR) is 134 cm³/mol. The lowest BCUT2D eigenvalue weighted by Gasteiger charge is -2.17. The fourth-order valence-electron chi connectivity index (χ4n) is 4.04. The Labute approximate surface area is 200 Å². The zero-order valence-corrected chi connectivity index (χ0v) is 19.4. The van der Waals surface area contributed by atoms with E-state index in [1.54, 1.807) is 11.8 Å². The van der Waals surface area contributed by atoms with E-state index in [1.165, 1.54) is 11.6 Å². The molecule has 34 heavy (non-hydrogen) atoms. The van der Waals surface area contributed by atoms with Crippen LogP contribution in [0.5, 0.6) is 5.75 Å². The fourth-order valence-corrected chi connectivity index (χ4v) is 4.04. The summed E-state index contributed by atoms with van der Waals surface area (Å²) >= 11 is 0. The first-order chi connectivity index (χ1) is 16.7. The van der Waals surface area contributed by atoms with Gasteiger partial charge in [0, 0.05) is 11.6 Å². The summed E-state index contributed by atoms with van der Waals surface area (Å²) in [7, 11) is 0. The highest BCUT2D eigenvalue weighted by Crippen LogP contribution is 2.37. The molecule has 0 radical (unpaired) electrons. The van der Waals surface area contributed by atoms with Gasteiger partial charge in [-0.3, -0.25) is 4.79 Å². The first-order valence-corrected chi connectivity index (χ1v) is 11.7. The number of benzene rings is 3. The van der Waals surface area contributed by atoms with Crippen molar-refractivity contribution in [1.82, 2.24) is 0 Å². The van der Waals surface area contributed by atoms with Crippen molar-refractivity contribution in [3.8, 4) is 5.75 Å². The molecular weight excluding hydrogens is 426 g/mol. The van der Waals surface area contributed by atoms with Crippen LogP contribution in [0.4, 0.5) is 5.69 Å². The lowest BCUT2D eigenvalue weighted by Crippen LogP contribution is -2.25. The van der Waals surface area contributed by atoms with Gasteiger partial charge in [0.1, 0.15) is 5.75 Å². The number of hydrogen-bond acceptors (Lipinski definition) is 4. The number of nitrogens with zero attached hydrogens (tertiary/aromatic N) is 1. The van der Waals surface area contributed by atoms with Crippen molar-refractivity contribution < 1.29 is 19.1 Å². The maximum absolute atomic E-state index is 13.1. The molecule has 0 fully saturated rings. The molecule has 1 aliphatic rings. The van der Waals surface area contributed by atoms with Gasteiger partial charge in [-0.05, 0) is 55.5 Å². The summed E-state index contributed by atoms with van der Waals surface area (Å²) in [6.45, 7) is 3.09. The van der Waals surface area contributed by atoms with Crippen LogP contribution in [0.25, 0.3) is 5.57 Å². The average molecular weight is 456 g/mol. The standard InChI is InChI=1S/C29H29NO4/c1-2-33-28(31)20-26-25-13-6-7-14-27(25)30(29(26)32)21-23-15-17-24(18-16-23)34-19-9-8-12-22-10-4-3-5-11-22/h3-7,10-11,13-18,20H,2,8-9,12,19,21H2,1H3. The molecular formula is C29H29NO4. The first kappa shape index (κ1) is 23.3. The summed E-state index contributed by atoms with van der Waals surface area (Å²) in [5.74, 6) is 0.111. The minimum Gasteiger partial charge on any atom is -0.494 e. The Hall–Kier alpha value is -3.86. The third-order valence-corrected chi connectivity index (χ3v) is 5.74. The quantitative estimate of drug-likeness (QED) is 0.227. The highest BCUT2D eigenvalue weighted by Gasteiger charge is 2.32. The summed E-state index contributed by atoms with van der Waals surface area (Å²) in [5, 5.41) is 0. The number of aryl methyl sites for hydroxylation is 1. The summed E-state index contributed by atoms with van der Waals surface area (Å²) in [6.07, 6.45) is 4.42. The first-order valence-electron chi connectivity index (χ1n) is 11.7. The minimum atomic E-state index is -0.507. The summed E-state index contributed by atoms with van der Waals surface area (Å²) in [4.78, 5) is 26.8. The second-order valence-electron chi connectivity index (χ2n) is 8.15. The number of esters is 1. The molecule has 0 N–H and O–H groups in total. The molecule has 1 aliphatic heterocycles. The van der Waals surface area contributed by atoms with Gasteiger partial charge in [0.25, 0.3) is 5.91 Å². The Kier molecular flexibility index (Phi) is 7.76. The normalized spacial score (nSPS) is 13.7. The van der Waals surface area contributed by atoms with E-state index in [0.29, 0.717) is 18.7 Å². The van der Waals surface area contributed by atoms with Crippen LogP contribution >= 0.6 is 0 Å². The summed E-state index contributed by atoms with van der Waals surface area (Å²) in [5.41, 5.74) is 4.24. The van der Waals surface area contributed by atoms with Crippen molar-refractivity contribution in [1.29, 1.82) is 0 Å². The van der Waals surface area contributed by atoms with Crippen molar-refractivity contribution in [2.45, 2.75) is 32.7 Å². The lowest BCUT2D eigenvalue weighted by molar-refractivity contribution is -0.137. The average Bonchev–Trinajstić information content (AvgIpc) is 3.11. The highest BCUT2D eigenvalue weighted by atomic mass is 16.5. The molecule has 4 rings (SSSR count). The van der Waals surface area contributed by atoms with E-state index in [2.05, 4.69) is 24.3 Å². The fraction of sp³-hybridized carbons (Fsp3) is 0.241. The van der Waals surface area contributed by atoms with E-state index in [9.17, 15) is 9.59 Å². The number of rotatable bonds is 10. The SMILES string of the molecule is CCOC(=O)C=C1C(=O)N(Cc2ccc(OCCCCc3ccccc3)cc2)c2ccccc21. The number of carbonyl (C=O) groups excluding carboxylic acids is 2. The summed E-state index contributed by atoms with van der Waals surface area (Å²) in [6, 6.07) is 25.8. The number of fused-ring (bicyclic) bond motifs is 1.